The van der Waals surface area contributed by atoms with E-state index in [1.54, 1.807) is 24.3 Å². The summed E-state index contributed by atoms with van der Waals surface area (Å²) in [7, 11) is 0. The van der Waals surface area contributed by atoms with E-state index in [9.17, 15) is 20.2 Å². The summed E-state index contributed by atoms with van der Waals surface area (Å²) >= 11 is 0. The lowest BCUT2D eigenvalue weighted by Crippen LogP contribution is -1.92. The van der Waals surface area contributed by atoms with Crippen LogP contribution in [0, 0.1) is 20.2 Å². The molecule has 0 radical (unpaired) electrons. The molecule has 0 spiro atoms. The number of nitrogens with zero attached hydrogens (tertiary/aromatic N) is 3. The van der Waals surface area contributed by atoms with Crippen LogP contribution in [0.15, 0.2) is 53.7 Å². The van der Waals surface area contributed by atoms with Crippen molar-refractivity contribution in [3.05, 3.63) is 79.9 Å². The molecule has 8 nitrogen and oxygen atoms in total. The number of hydrogen-bond donors (Lipinski definition) is 0. The molecule has 0 amide bonds. The highest BCUT2D eigenvalue weighted by Gasteiger charge is 2.05. The summed E-state index contributed by atoms with van der Waals surface area (Å²) < 4.78 is 0. The zero-order valence-corrected chi connectivity index (χ0v) is 11.3. The first-order valence-corrected chi connectivity index (χ1v) is 6.19. The minimum absolute atomic E-state index is 0.00494. The fourth-order valence-corrected chi connectivity index (χ4v) is 1.65. The molecule has 0 aliphatic rings. The molecular formula is C14H11N3O5. The van der Waals surface area contributed by atoms with E-state index in [1.165, 1.54) is 30.5 Å². The first kappa shape index (κ1) is 15.1. The maximum Gasteiger partial charge on any atom is 0.269 e. The van der Waals surface area contributed by atoms with Gasteiger partial charge in [-0.15, -0.1) is 0 Å². The van der Waals surface area contributed by atoms with Gasteiger partial charge in [0.25, 0.3) is 11.4 Å². The van der Waals surface area contributed by atoms with Gasteiger partial charge in [0.15, 0.2) is 0 Å². The van der Waals surface area contributed by atoms with E-state index in [1.807, 2.05) is 0 Å². The molecule has 0 N–H and O–H groups in total. The first-order valence-electron chi connectivity index (χ1n) is 6.19. The molecule has 0 atom stereocenters. The smallest absolute Gasteiger partial charge is 0.269 e. The van der Waals surface area contributed by atoms with E-state index in [4.69, 9.17) is 4.84 Å². The summed E-state index contributed by atoms with van der Waals surface area (Å²) in [4.78, 5) is 25.2. The van der Waals surface area contributed by atoms with E-state index < -0.39 is 9.85 Å². The fraction of sp³-hybridized carbons (Fsp3) is 0.0714. The number of non-ortho nitro benzene ring substituents is 2. The Hall–Kier alpha value is -3.29. The molecule has 0 aliphatic heterocycles. The molecule has 22 heavy (non-hydrogen) atoms. The van der Waals surface area contributed by atoms with Crippen LogP contribution >= 0.6 is 0 Å². The van der Waals surface area contributed by atoms with E-state index in [2.05, 4.69) is 5.16 Å². The third-order valence-corrected chi connectivity index (χ3v) is 2.73. The number of oxime groups is 1. The highest BCUT2D eigenvalue weighted by molar-refractivity contribution is 5.79. The zero-order chi connectivity index (χ0) is 15.9. The summed E-state index contributed by atoms with van der Waals surface area (Å²) in [5.74, 6) is 0. The van der Waals surface area contributed by atoms with Crippen molar-refractivity contribution < 1.29 is 14.7 Å². The molecule has 0 saturated carbocycles. The van der Waals surface area contributed by atoms with Crippen molar-refractivity contribution in [3.63, 3.8) is 0 Å². The van der Waals surface area contributed by atoms with Crippen LogP contribution in [-0.4, -0.2) is 16.1 Å². The van der Waals surface area contributed by atoms with Crippen molar-refractivity contribution in [2.45, 2.75) is 6.61 Å². The van der Waals surface area contributed by atoms with E-state index >= 15 is 0 Å². The topological polar surface area (TPSA) is 108 Å². The summed E-state index contributed by atoms with van der Waals surface area (Å²) in [5, 5.41) is 24.9. The van der Waals surface area contributed by atoms with Crippen molar-refractivity contribution in [2.75, 3.05) is 0 Å². The van der Waals surface area contributed by atoms with Crippen LogP contribution in [0.25, 0.3) is 0 Å². The van der Waals surface area contributed by atoms with Crippen LogP contribution < -0.4 is 0 Å². The Morgan fingerprint density at radius 3 is 2.32 bits per heavy atom. The Bertz CT molecular complexity index is 713. The summed E-state index contributed by atoms with van der Waals surface area (Å²) in [5.41, 5.74) is 1.25. The molecule has 0 saturated heterocycles. The maximum absolute atomic E-state index is 10.6. The Labute approximate surface area is 124 Å². The molecule has 0 aromatic heterocycles. The molecule has 8 heteroatoms. The molecule has 0 aliphatic carbocycles. The van der Waals surface area contributed by atoms with Crippen LogP contribution in [0.2, 0.25) is 0 Å². The predicted octanol–water partition coefficient (Wildman–Crippen LogP) is 3.05. The van der Waals surface area contributed by atoms with Gasteiger partial charge in [0.1, 0.15) is 6.61 Å². The summed E-state index contributed by atoms with van der Waals surface area (Å²) in [6, 6.07) is 11.9. The van der Waals surface area contributed by atoms with Crippen molar-refractivity contribution in [3.8, 4) is 0 Å². The second-order valence-corrected chi connectivity index (χ2v) is 4.28. The van der Waals surface area contributed by atoms with Crippen molar-refractivity contribution >= 4 is 17.6 Å². The Morgan fingerprint density at radius 1 is 1.00 bits per heavy atom. The SMILES string of the molecule is O=[N+]([O-])c1ccc(/C=N\OCc2cccc([N+](=O)[O-])c2)cc1. The normalized spacial score (nSPS) is 10.5. The van der Waals surface area contributed by atoms with Gasteiger partial charge in [-0.3, -0.25) is 20.2 Å². The van der Waals surface area contributed by atoms with Crippen molar-refractivity contribution in [1.29, 1.82) is 0 Å². The van der Waals surface area contributed by atoms with Gasteiger partial charge in [0.2, 0.25) is 0 Å². The van der Waals surface area contributed by atoms with E-state index in [0.29, 0.717) is 11.1 Å². The van der Waals surface area contributed by atoms with E-state index in [-0.39, 0.29) is 18.0 Å². The highest BCUT2D eigenvalue weighted by Crippen LogP contribution is 2.14. The lowest BCUT2D eigenvalue weighted by Gasteiger charge is -1.99. The monoisotopic (exact) mass is 301 g/mol. The lowest BCUT2D eigenvalue weighted by molar-refractivity contribution is -0.385. The van der Waals surface area contributed by atoms with Crippen molar-refractivity contribution in [1.82, 2.24) is 0 Å². The van der Waals surface area contributed by atoms with Crippen LogP contribution in [-0.2, 0) is 11.4 Å². The molecule has 2 rings (SSSR count). The van der Waals surface area contributed by atoms with Crippen molar-refractivity contribution in [2.24, 2.45) is 5.16 Å². The number of benzene rings is 2. The maximum atomic E-state index is 10.6. The standard InChI is InChI=1S/C14H11N3O5/c18-16(19)13-6-4-11(5-7-13)9-15-22-10-12-2-1-3-14(8-12)17(20)21/h1-9H,10H2/b15-9-. The third kappa shape index (κ3) is 4.10. The number of nitro groups is 2. The molecule has 2 aromatic rings. The predicted molar refractivity (Wildman–Crippen MR) is 78.6 cm³/mol. The van der Waals surface area contributed by atoms with Crippen LogP contribution in [0.4, 0.5) is 11.4 Å². The Morgan fingerprint density at radius 2 is 1.68 bits per heavy atom. The quantitative estimate of drug-likeness (QED) is 0.463. The Balaban J connectivity index is 1.91. The number of rotatable bonds is 6. The average molecular weight is 301 g/mol. The number of hydrogen-bond acceptors (Lipinski definition) is 6. The molecule has 0 heterocycles. The number of nitro benzene ring substituents is 2. The average Bonchev–Trinajstić information content (AvgIpc) is 2.52. The molecular weight excluding hydrogens is 290 g/mol. The van der Waals surface area contributed by atoms with Gasteiger partial charge in [0, 0.05) is 24.3 Å². The van der Waals surface area contributed by atoms with Gasteiger partial charge in [-0.2, -0.15) is 0 Å². The lowest BCUT2D eigenvalue weighted by atomic mass is 10.2. The summed E-state index contributed by atoms with van der Waals surface area (Å²) in [6.45, 7) is 0.0885. The van der Waals surface area contributed by atoms with Gasteiger partial charge in [-0.25, -0.2) is 0 Å². The van der Waals surface area contributed by atoms with Gasteiger partial charge >= 0.3 is 0 Å². The van der Waals surface area contributed by atoms with Crippen LogP contribution in [0.3, 0.4) is 0 Å². The molecule has 112 valence electrons. The highest BCUT2D eigenvalue weighted by atomic mass is 16.6. The van der Waals surface area contributed by atoms with Gasteiger partial charge < -0.3 is 4.84 Å². The van der Waals surface area contributed by atoms with Gasteiger partial charge in [-0.1, -0.05) is 17.3 Å². The van der Waals surface area contributed by atoms with Gasteiger partial charge in [0.05, 0.1) is 16.1 Å². The van der Waals surface area contributed by atoms with Gasteiger partial charge in [-0.05, 0) is 23.3 Å². The minimum Gasteiger partial charge on any atom is -0.391 e. The molecule has 0 fully saturated rings. The second kappa shape index (κ2) is 6.93. The van der Waals surface area contributed by atoms with Crippen LogP contribution in [0.5, 0.6) is 0 Å². The third-order valence-electron chi connectivity index (χ3n) is 2.73. The summed E-state index contributed by atoms with van der Waals surface area (Å²) in [6.07, 6.45) is 1.40. The Kier molecular flexibility index (Phi) is 4.76. The van der Waals surface area contributed by atoms with E-state index in [0.717, 1.165) is 0 Å². The molecule has 0 bridgehead atoms. The van der Waals surface area contributed by atoms with Crippen LogP contribution in [0.1, 0.15) is 11.1 Å². The first-order chi connectivity index (χ1) is 10.6. The largest absolute Gasteiger partial charge is 0.391 e. The minimum atomic E-state index is -0.486. The second-order valence-electron chi connectivity index (χ2n) is 4.28. The fourth-order valence-electron chi connectivity index (χ4n) is 1.65. The molecule has 2 aromatic carbocycles. The zero-order valence-electron chi connectivity index (χ0n) is 11.3. The molecule has 0 unspecified atom stereocenters.